The lowest BCUT2D eigenvalue weighted by Crippen LogP contribution is -2.61. The number of aliphatic hydroxyl groups excluding tert-OH is 5. The Balaban J connectivity index is 1.82. The molecule has 0 radical (unpaired) electrons. The van der Waals surface area contributed by atoms with Crippen LogP contribution in [0.25, 0.3) is 0 Å². The summed E-state index contributed by atoms with van der Waals surface area (Å²) in [6.07, 6.45) is 8.61. The maximum absolute atomic E-state index is 14.9. The summed E-state index contributed by atoms with van der Waals surface area (Å²) in [7, 11) is 2.91. The van der Waals surface area contributed by atoms with Gasteiger partial charge < -0.3 is 87.6 Å². The van der Waals surface area contributed by atoms with Crippen LogP contribution < -0.4 is 0 Å². The van der Waals surface area contributed by atoms with Gasteiger partial charge in [0, 0.05) is 51.4 Å². The molecule has 0 aromatic carbocycles. The predicted octanol–water partition coefficient (Wildman–Crippen LogP) is 4.37. The van der Waals surface area contributed by atoms with Crippen molar-refractivity contribution in [2.75, 3.05) is 120 Å². The monoisotopic (exact) mass is 1270 g/mol. The topological polar surface area (TPSA) is 312 Å². The van der Waals surface area contributed by atoms with E-state index in [0.29, 0.717) is 62.5 Å². The van der Waals surface area contributed by atoms with Crippen molar-refractivity contribution >= 4 is 29.2 Å². The van der Waals surface area contributed by atoms with E-state index in [1.165, 1.54) is 7.11 Å². The molecule has 4 aliphatic rings. The van der Waals surface area contributed by atoms with Crippen molar-refractivity contribution in [3.8, 4) is 0 Å². The van der Waals surface area contributed by atoms with E-state index in [0.717, 1.165) is 4.90 Å². The second-order valence-electron chi connectivity index (χ2n) is 24.8. The van der Waals surface area contributed by atoms with E-state index in [1.807, 2.05) is 51.2 Å². The molecule has 510 valence electrons. The zero-order chi connectivity index (χ0) is 65.5. The van der Waals surface area contributed by atoms with Crippen LogP contribution in [0.4, 0.5) is 0 Å². The molecular formula is C66H109NO22. The largest absolute Gasteiger partial charge is 0.460 e. The van der Waals surface area contributed by atoms with E-state index < -0.39 is 101 Å². The number of allylic oxidation sites excluding steroid dienone is 6. The number of rotatable bonds is 28. The number of Topliss-reactive ketones (excluding diaryl/α,β-unsaturated/α-hetero) is 3. The maximum atomic E-state index is 14.9. The number of ketones is 3. The average Bonchev–Trinajstić information content (AvgIpc) is 1.00. The predicted molar refractivity (Wildman–Crippen MR) is 328 cm³/mol. The molecule has 0 aromatic heterocycles. The number of carbonyl (C=O) groups excluding carboxylic acids is 5. The molecule has 3 aliphatic heterocycles. The van der Waals surface area contributed by atoms with Gasteiger partial charge in [0.1, 0.15) is 35.7 Å². The maximum Gasteiger partial charge on any atom is 0.329 e. The Kier molecular flexibility index (Phi) is 35.9. The number of esters is 1. The zero-order valence-corrected chi connectivity index (χ0v) is 54.5. The summed E-state index contributed by atoms with van der Waals surface area (Å²) in [5.41, 5.74) is -0.383. The van der Waals surface area contributed by atoms with Crippen LogP contribution in [-0.2, 0) is 76.1 Å². The molecule has 23 heteroatoms. The third-order valence-corrected chi connectivity index (χ3v) is 17.5. The van der Waals surface area contributed by atoms with Crippen LogP contribution in [0.1, 0.15) is 126 Å². The summed E-state index contributed by atoms with van der Waals surface area (Å²) >= 11 is 0. The molecule has 3 fully saturated rings. The summed E-state index contributed by atoms with van der Waals surface area (Å²) in [5.74, 6) is -9.10. The summed E-state index contributed by atoms with van der Waals surface area (Å²) in [5, 5.41) is 62.8. The highest BCUT2D eigenvalue weighted by Gasteiger charge is 2.53. The van der Waals surface area contributed by atoms with E-state index in [4.69, 9.17) is 52.1 Å². The molecule has 1 unspecified atom stereocenters. The molecular weight excluding hydrogens is 1160 g/mol. The van der Waals surface area contributed by atoms with E-state index in [2.05, 4.69) is 0 Å². The molecule has 6 N–H and O–H groups in total. The lowest BCUT2D eigenvalue weighted by Gasteiger charge is -2.43. The number of ether oxygens (including phenoxy) is 11. The Labute approximate surface area is 527 Å². The van der Waals surface area contributed by atoms with E-state index in [1.54, 1.807) is 40.9 Å². The van der Waals surface area contributed by atoms with E-state index >= 15 is 0 Å². The number of carbonyl (C=O) groups is 5. The number of aliphatic hydroxyl groups is 6. The average molecular weight is 1270 g/mol. The van der Waals surface area contributed by atoms with Gasteiger partial charge in [0.15, 0.2) is 5.78 Å². The molecule has 2 saturated heterocycles. The first kappa shape index (κ1) is 77.7. The lowest BCUT2D eigenvalue weighted by atomic mass is 9.78. The highest BCUT2D eigenvalue weighted by molar-refractivity contribution is 6.39. The van der Waals surface area contributed by atoms with E-state index in [9.17, 15) is 54.6 Å². The second kappa shape index (κ2) is 41.1. The van der Waals surface area contributed by atoms with Crippen LogP contribution in [0.5, 0.6) is 0 Å². The summed E-state index contributed by atoms with van der Waals surface area (Å²) in [6.45, 7) is 12.6. The molecule has 0 aromatic rings. The van der Waals surface area contributed by atoms with Gasteiger partial charge in [0.05, 0.1) is 124 Å². The Hall–Kier alpha value is -3.73. The SMILES string of the molecule is CO[C@@H]1C[C@H](C[C@@H](C)[C@@H]2CC(=O)[C@H](C)/C=C(\C)[C@@H](O)[C@@H](OC)C(=O)[C@H](C)C[C@H](C)/C=C/C=C/C=C(\C)C(OC(COCCOCCO)(COCCOCCO)COCCOCCO)C[C@@H]3CC[C@@H](C)[C@@](O)(O3)C(=O)C(=O)N3CCCC[C@H]3C(=O)O2)CC[C@H]1O. The lowest BCUT2D eigenvalue weighted by molar-refractivity contribution is -0.269. The van der Waals surface area contributed by atoms with Gasteiger partial charge in [-0.15, -0.1) is 0 Å². The number of methoxy groups -OCH3 is 2. The van der Waals surface area contributed by atoms with Crippen molar-refractivity contribution in [1.82, 2.24) is 4.90 Å². The first-order chi connectivity index (χ1) is 42.6. The molecule has 0 spiro atoms. The van der Waals surface area contributed by atoms with Crippen LogP contribution in [0.3, 0.4) is 0 Å². The molecule has 3 heterocycles. The molecule has 1 amide bonds. The van der Waals surface area contributed by atoms with Crippen LogP contribution >= 0.6 is 0 Å². The number of nitrogens with zero attached hydrogens (tertiary/aromatic N) is 1. The van der Waals surface area contributed by atoms with Crippen LogP contribution in [0.15, 0.2) is 47.6 Å². The van der Waals surface area contributed by atoms with Crippen molar-refractivity contribution in [3.63, 3.8) is 0 Å². The highest BCUT2D eigenvalue weighted by atomic mass is 16.6. The fourth-order valence-electron chi connectivity index (χ4n) is 12.1. The fraction of sp³-hybridized carbons (Fsp3) is 0.803. The minimum Gasteiger partial charge on any atom is -0.460 e. The number of hydrogen-bond acceptors (Lipinski definition) is 22. The van der Waals surface area contributed by atoms with Crippen molar-refractivity contribution < 1.29 is 107 Å². The van der Waals surface area contributed by atoms with Crippen LogP contribution in [-0.4, -0.2) is 245 Å². The number of piperidine rings is 1. The third-order valence-electron chi connectivity index (χ3n) is 17.5. The van der Waals surface area contributed by atoms with Gasteiger partial charge in [-0.3, -0.25) is 19.2 Å². The molecule has 1 saturated carbocycles. The zero-order valence-electron chi connectivity index (χ0n) is 54.5. The number of hydrogen-bond donors (Lipinski definition) is 6. The minimum absolute atomic E-state index is 0.00212. The van der Waals surface area contributed by atoms with Gasteiger partial charge in [-0.25, -0.2) is 4.79 Å². The van der Waals surface area contributed by atoms with Crippen molar-refractivity contribution in [3.05, 3.63) is 47.6 Å². The standard InChI is InChI=1S/C66H109NO22/c1-44-15-11-10-12-16-45(2)57(89-65(41-84-32-29-81-26-23-68,42-85-33-30-82-27-24-69)43-86-34-31-83-28-25-70)39-52-20-18-50(7)66(78,88-52)62(75)63(76)67-22-14-13-17-53(67)64(77)87-56(47(4)37-51-19-21-54(71)58(38-51)79-8)40-55(72)46(3)36-49(6)60(74)61(80-9)59(73)48(5)35-44/h10-12,15-16,36,44,46-48,50-54,56-58,60-61,68-71,74,78H,13-14,17-35,37-43H2,1-9H3/b12-10+,15-11+,45-16+,49-36+/t44-,46-,47-,48-,50-,51+,52+,53+,54-,56+,57?,58-,60-,61+,66-/m1/s1. The highest BCUT2D eigenvalue weighted by Crippen LogP contribution is 2.39. The molecule has 23 nitrogen and oxygen atoms in total. The van der Waals surface area contributed by atoms with Gasteiger partial charge in [-0.1, -0.05) is 71.1 Å². The molecule has 4 rings (SSSR count). The first-order valence-electron chi connectivity index (χ1n) is 32.2. The molecule has 89 heavy (non-hydrogen) atoms. The Morgan fingerprint density at radius 3 is 1.90 bits per heavy atom. The smallest absolute Gasteiger partial charge is 0.329 e. The third kappa shape index (κ3) is 25.3. The summed E-state index contributed by atoms with van der Waals surface area (Å²) in [4.78, 5) is 74.0. The number of cyclic esters (lactones) is 1. The number of amides is 1. The first-order valence-corrected chi connectivity index (χ1v) is 32.2. The molecule has 1 aliphatic carbocycles. The van der Waals surface area contributed by atoms with Gasteiger partial charge in [-0.2, -0.15) is 0 Å². The Morgan fingerprint density at radius 2 is 1.31 bits per heavy atom. The minimum atomic E-state index is -2.64. The van der Waals surface area contributed by atoms with Gasteiger partial charge in [0.25, 0.3) is 11.7 Å². The Bertz CT molecular complexity index is 2200. The van der Waals surface area contributed by atoms with Gasteiger partial charge in [0.2, 0.25) is 5.79 Å². The number of fused-ring (bicyclic) bond motifs is 3. The quantitative estimate of drug-likeness (QED) is 0.0274. The van der Waals surface area contributed by atoms with E-state index in [-0.39, 0.29) is 155 Å². The van der Waals surface area contributed by atoms with Crippen LogP contribution in [0.2, 0.25) is 0 Å². The van der Waals surface area contributed by atoms with Gasteiger partial charge >= 0.3 is 5.97 Å². The molecule has 15 atom stereocenters. The van der Waals surface area contributed by atoms with Crippen molar-refractivity contribution in [2.24, 2.45) is 35.5 Å². The van der Waals surface area contributed by atoms with Crippen molar-refractivity contribution in [1.29, 1.82) is 0 Å². The Morgan fingerprint density at radius 1 is 0.708 bits per heavy atom. The van der Waals surface area contributed by atoms with Gasteiger partial charge in [-0.05, 0) is 107 Å². The summed E-state index contributed by atoms with van der Waals surface area (Å²) in [6, 6.07) is -1.25. The second-order valence-corrected chi connectivity index (χ2v) is 24.8. The normalized spacial score (nSPS) is 33.0. The van der Waals surface area contributed by atoms with Crippen molar-refractivity contribution in [2.45, 2.75) is 186 Å². The fourth-order valence-corrected chi connectivity index (χ4v) is 12.1. The van der Waals surface area contributed by atoms with Crippen LogP contribution in [0, 0.1) is 35.5 Å². The summed E-state index contributed by atoms with van der Waals surface area (Å²) < 4.78 is 66.2. The molecule has 2 bridgehead atoms.